The van der Waals surface area contributed by atoms with Crippen LogP contribution in [-0.4, -0.2) is 26.7 Å². The summed E-state index contributed by atoms with van der Waals surface area (Å²) < 4.78 is 1.10. The van der Waals surface area contributed by atoms with Crippen LogP contribution in [0.5, 0.6) is 0 Å². The van der Waals surface area contributed by atoms with Gasteiger partial charge in [-0.15, -0.1) is 17.0 Å². The second kappa shape index (κ2) is 6.48. The summed E-state index contributed by atoms with van der Waals surface area (Å²) in [7, 11) is 0. The molecule has 3 N–H and O–H groups in total. The molecule has 0 unspecified atom stereocenters. The number of hydrogen-bond acceptors (Lipinski definition) is 2. The van der Waals surface area contributed by atoms with E-state index in [1.165, 1.54) is 0 Å². The first-order valence-electron chi connectivity index (χ1n) is 2.12. The maximum Gasteiger partial charge on any atom is 1.49 e. The number of nitrogens with zero attached hydrogens (tertiary/aromatic N) is 1. The van der Waals surface area contributed by atoms with Gasteiger partial charge in [0.15, 0.2) is 0 Å². The first-order valence-corrected chi connectivity index (χ1v) is 2.83. The number of pyridine rings is 1. The molecule has 1 aromatic heterocycles. The standard InChI is InChI=1S/C5H4N.BrH.Mg.H3N/c1-2-4-6-5-3-1;;;/h1-4H;1H;;1H3/q;;+2;. The van der Waals surface area contributed by atoms with Crippen LogP contribution in [0.1, 0.15) is 0 Å². The summed E-state index contributed by atoms with van der Waals surface area (Å²) in [4.78, 5) is 3.99. The molecule has 4 heteroatoms. The molecule has 9 heavy (non-hydrogen) atoms. The van der Waals surface area contributed by atoms with Crippen molar-refractivity contribution in [2.24, 2.45) is 0 Å². The van der Waals surface area contributed by atoms with Crippen molar-refractivity contribution in [3.63, 3.8) is 0 Å². The molecule has 45 valence electrons. The summed E-state index contributed by atoms with van der Waals surface area (Å²) in [5, 5.41) is 0. The monoisotopic (exact) mass is 199 g/mol. The van der Waals surface area contributed by atoms with E-state index in [1.807, 2.05) is 18.2 Å². The first kappa shape index (κ1) is 12.1. The normalized spacial score (nSPS) is 6.78. The van der Waals surface area contributed by atoms with E-state index in [1.54, 1.807) is 27.9 Å². The Labute approximate surface area is 77.9 Å². The fourth-order valence-electron chi connectivity index (χ4n) is 0.398. The molecule has 7 radical (unpaired) electrons. The van der Waals surface area contributed by atoms with Crippen molar-refractivity contribution in [3.05, 3.63) is 24.4 Å². The summed E-state index contributed by atoms with van der Waals surface area (Å²) in [6.45, 7) is 0. The summed E-state index contributed by atoms with van der Waals surface area (Å²) in [6.07, 6.45) is 1.79. The number of halogens is 1. The second-order valence-corrected chi connectivity index (χ2v) is 2.05. The molecule has 0 bridgehead atoms. The molecule has 0 aliphatic rings. The third-order valence-corrected chi connectivity index (χ3v) is 1.14. The average molecular weight is 200 g/mol. The highest BCUT2D eigenvalue weighted by Gasteiger charge is 2.32. The summed E-state index contributed by atoms with van der Waals surface area (Å²) in [5.41, 5.74) is 0. The van der Waals surface area contributed by atoms with Gasteiger partial charge < -0.3 is 6.15 Å². The molecule has 0 aliphatic heterocycles. The molecule has 0 spiro atoms. The van der Waals surface area contributed by atoms with Crippen molar-refractivity contribution in [1.82, 2.24) is 11.1 Å². The van der Waals surface area contributed by atoms with Gasteiger partial charge >= 0.3 is 25.5 Å². The molecule has 0 saturated carbocycles. The molecule has 1 heterocycles. The van der Waals surface area contributed by atoms with Crippen molar-refractivity contribution >= 4 is 42.5 Å². The third kappa shape index (κ3) is 4.83. The highest BCUT2D eigenvalue weighted by Crippen LogP contribution is 1.70. The lowest BCUT2D eigenvalue weighted by molar-refractivity contribution is 1.39. The van der Waals surface area contributed by atoms with E-state index < -0.39 is 0 Å². The van der Waals surface area contributed by atoms with Crippen LogP contribution >= 0.6 is 17.0 Å². The predicted octanol–water partition coefficient (Wildman–Crippen LogP) is 0.615. The maximum atomic E-state index is 3.99. The fraction of sp³-hybridized carbons (Fsp3) is 0. The Morgan fingerprint density at radius 3 is 2.22 bits per heavy atom. The van der Waals surface area contributed by atoms with Crippen LogP contribution in [0.4, 0.5) is 0 Å². The van der Waals surface area contributed by atoms with Gasteiger partial charge in [0, 0.05) is 12.3 Å². The predicted molar refractivity (Wildman–Crippen MR) is 45.0 cm³/mol. The second-order valence-electron chi connectivity index (χ2n) is 1.32. The Morgan fingerprint density at radius 2 is 2.00 bits per heavy atom. The van der Waals surface area contributed by atoms with Gasteiger partial charge in [-0.05, 0) is 6.07 Å². The van der Waals surface area contributed by atoms with E-state index in [0.29, 0.717) is 0 Å². The molecular formula is C5H8BrMgN2+2. The van der Waals surface area contributed by atoms with Crippen LogP contribution in [0.25, 0.3) is 0 Å². The Bertz CT molecular complexity index is 145. The Hall–Kier alpha value is 0.356. The van der Waals surface area contributed by atoms with Gasteiger partial charge in [0.05, 0.1) is 0 Å². The van der Waals surface area contributed by atoms with Crippen LogP contribution in [0.2, 0.25) is 0 Å². The van der Waals surface area contributed by atoms with E-state index in [-0.39, 0.29) is 23.1 Å². The molecule has 2 nitrogen and oxygen atoms in total. The van der Waals surface area contributed by atoms with Gasteiger partial charge in [0.25, 0.3) is 0 Å². The molecule has 0 fully saturated rings. The van der Waals surface area contributed by atoms with Gasteiger partial charge in [0.1, 0.15) is 0 Å². The zero-order chi connectivity index (χ0) is 5.11. The lowest BCUT2D eigenvalue weighted by Gasteiger charge is -1.65. The van der Waals surface area contributed by atoms with Crippen molar-refractivity contribution in [3.8, 4) is 0 Å². The topological polar surface area (TPSA) is 47.9 Å². The summed E-state index contributed by atoms with van der Waals surface area (Å²) in [5.74, 6) is 0. The molecular weight excluding hydrogens is 192 g/mol. The van der Waals surface area contributed by atoms with E-state index in [4.69, 9.17) is 0 Å². The Kier molecular flexibility index (Phi) is 8.69. The smallest absolute Gasteiger partial charge is 0.344 e. The van der Waals surface area contributed by atoms with Crippen molar-refractivity contribution in [2.45, 2.75) is 0 Å². The van der Waals surface area contributed by atoms with Crippen molar-refractivity contribution < 1.29 is 0 Å². The largest absolute Gasteiger partial charge is 1.49 e. The molecule has 0 aromatic carbocycles. The van der Waals surface area contributed by atoms with Crippen molar-refractivity contribution in [2.75, 3.05) is 0 Å². The third-order valence-electron chi connectivity index (χ3n) is 0.726. The van der Waals surface area contributed by atoms with Crippen LogP contribution in [-0.2, 0) is 0 Å². The minimum Gasteiger partial charge on any atom is -0.344 e. The Balaban J connectivity index is 0. The van der Waals surface area contributed by atoms with Gasteiger partial charge in [-0.3, -0.25) is 0 Å². The lowest BCUT2D eigenvalue weighted by atomic mass is 10.5. The quantitative estimate of drug-likeness (QED) is 0.624. The lowest BCUT2D eigenvalue weighted by Crippen LogP contribution is -2.04. The van der Waals surface area contributed by atoms with Crippen LogP contribution in [0, 0.1) is 0 Å². The van der Waals surface area contributed by atoms with E-state index in [9.17, 15) is 0 Å². The van der Waals surface area contributed by atoms with Gasteiger partial charge in [0.2, 0.25) is 0 Å². The number of aromatic nitrogens is 1. The van der Waals surface area contributed by atoms with E-state index in [0.717, 1.165) is 3.82 Å². The highest BCUT2D eigenvalue weighted by molar-refractivity contribution is 8.93. The molecule has 1 aromatic rings. The number of hydrogen-bond donors (Lipinski definition) is 1. The zero-order valence-corrected chi connectivity index (χ0v) is 8.21. The first-order chi connectivity index (χ1) is 3.39. The summed E-state index contributed by atoms with van der Waals surface area (Å²) >= 11 is 1.79. The summed E-state index contributed by atoms with van der Waals surface area (Å²) in [6, 6.07) is 5.88. The fourth-order valence-corrected chi connectivity index (χ4v) is 0.640. The minimum absolute atomic E-state index is 0. The van der Waals surface area contributed by atoms with Gasteiger partial charge in [-0.2, -0.15) is 4.98 Å². The van der Waals surface area contributed by atoms with E-state index in [2.05, 4.69) is 4.98 Å². The molecule has 0 saturated heterocycles. The maximum absolute atomic E-state index is 3.99. The minimum atomic E-state index is 0. The van der Waals surface area contributed by atoms with Crippen molar-refractivity contribution in [1.29, 1.82) is 0 Å². The Morgan fingerprint density at radius 1 is 1.33 bits per heavy atom. The molecule has 0 aliphatic carbocycles. The number of rotatable bonds is 0. The zero-order valence-electron chi connectivity index (χ0n) is 5.08. The van der Waals surface area contributed by atoms with Crippen LogP contribution in [0.15, 0.2) is 24.4 Å². The van der Waals surface area contributed by atoms with Gasteiger partial charge in [-0.1, -0.05) is 6.07 Å². The average Bonchev–Trinajstić information content (AvgIpc) is 1.69. The van der Waals surface area contributed by atoms with Crippen LogP contribution < -0.4 is 9.97 Å². The van der Waals surface area contributed by atoms with Crippen LogP contribution in [0.3, 0.4) is 0 Å². The molecule has 1 rings (SSSR count). The molecule has 0 amide bonds. The highest BCUT2D eigenvalue weighted by atomic mass is 79.9. The van der Waals surface area contributed by atoms with Gasteiger partial charge in [-0.25, -0.2) is 0 Å². The molecule has 0 atom stereocenters. The van der Waals surface area contributed by atoms with E-state index >= 15 is 0 Å². The SMILES string of the molecule is Br.N.[Mg+2][c]1ccccn1.